The molecular formula is C25H30O5. The summed E-state index contributed by atoms with van der Waals surface area (Å²) in [5.41, 5.74) is 2.33. The number of phenols is 1. The number of fused-ring (bicyclic) bond motifs is 2. The first kappa shape index (κ1) is 21.9. The van der Waals surface area contributed by atoms with Gasteiger partial charge in [0.15, 0.2) is 11.2 Å². The van der Waals surface area contributed by atoms with Crippen molar-refractivity contribution >= 4 is 16.8 Å². The average molecular weight is 411 g/mol. The summed E-state index contributed by atoms with van der Waals surface area (Å²) < 4.78 is 11.9. The molecule has 0 aliphatic carbocycles. The fourth-order valence-corrected chi connectivity index (χ4v) is 4.02. The molecule has 1 aliphatic heterocycles. The van der Waals surface area contributed by atoms with E-state index in [0.29, 0.717) is 23.0 Å². The predicted octanol–water partition coefficient (Wildman–Crippen LogP) is 5.80. The molecule has 0 saturated heterocycles. The minimum absolute atomic E-state index is 0.0460. The van der Waals surface area contributed by atoms with E-state index in [-0.39, 0.29) is 28.8 Å². The molecule has 0 amide bonds. The van der Waals surface area contributed by atoms with Crippen LogP contribution in [0.4, 0.5) is 0 Å². The highest BCUT2D eigenvalue weighted by atomic mass is 16.6. The number of benzene rings is 1. The lowest BCUT2D eigenvalue weighted by molar-refractivity contribution is -0.114. The lowest BCUT2D eigenvalue weighted by atomic mass is 9.83. The average Bonchev–Trinajstić information content (AvgIpc) is 2.88. The number of rotatable bonds is 7. The zero-order valence-electron chi connectivity index (χ0n) is 18.4. The molecule has 160 valence electrons. The Balaban J connectivity index is 1.68. The number of unbranched alkanes of at least 4 members (excludes halogenated alkanes) is 1. The number of ketones is 1. The molecule has 3 rings (SSSR count). The van der Waals surface area contributed by atoms with Crippen molar-refractivity contribution in [2.24, 2.45) is 0 Å². The molecule has 0 saturated carbocycles. The second-order valence-electron chi connectivity index (χ2n) is 8.76. The maximum absolute atomic E-state index is 13.0. The second kappa shape index (κ2) is 8.50. The highest BCUT2D eigenvalue weighted by molar-refractivity contribution is 5.91. The number of ether oxygens (including phenoxy) is 1. The van der Waals surface area contributed by atoms with Gasteiger partial charge in [-0.3, -0.25) is 9.59 Å². The van der Waals surface area contributed by atoms with Crippen molar-refractivity contribution in [1.82, 2.24) is 0 Å². The van der Waals surface area contributed by atoms with Crippen LogP contribution in [0, 0.1) is 0 Å². The third-order valence-corrected chi connectivity index (χ3v) is 5.82. The molecule has 1 aromatic heterocycles. The zero-order valence-corrected chi connectivity index (χ0v) is 18.4. The van der Waals surface area contributed by atoms with Crippen LogP contribution < -0.4 is 10.2 Å². The molecule has 0 radical (unpaired) electrons. The largest absolute Gasteiger partial charge is 0.508 e. The van der Waals surface area contributed by atoms with Gasteiger partial charge >= 0.3 is 0 Å². The summed E-state index contributed by atoms with van der Waals surface area (Å²) in [4.78, 5) is 24.8. The maximum atomic E-state index is 13.0. The zero-order chi connectivity index (χ0) is 22.1. The maximum Gasteiger partial charge on any atom is 0.293 e. The van der Waals surface area contributed by atoms with Crippen molar-refractivity contribution in [3.05, 3.63) is 57.3 Å². The van der Waals surface area contributed by atoms with Crippen LogP contribution in [0.5, 0.6) is 11.7 Å². The van der Waals surface area contributed by atoms with E-state index < -0.39 is 5.60 Å². The first-order chi connectivity index (χ1) is 14.1. The van der Waals surface area contributed by atoms with E-state index in [1.54, 1.807) is 12.1 Å². The summed E-state index contributed by atoms with van der Waals surface area (Å²) >= 11 is 0. The number of hydrogen-bond donors (Lipinski definition) is 1. The first-order valence-corrected chi connectivity index (χ1v) is 10.4. The highest BCUT2D eigenvalue weighted by Gasteiger charge is 2.45. The third kappa shape index (κ3) is 4.50. The van der Waals surface area contributed by atoms with E-state index in [4.69, 9.17) is 9.15 Å². The molecule has 1 aliphatic rings. The third-order valence-electron chi connectivity index (χ3n) is 5.82. The van der Waals surface area contributed by atoms with Gasteiger partial charge in [0.05, 0.1) is 10.9 Å². The van der Waals surface area contributed by atoms with Crippen molar-refractivity contribution in [2.45, 2.75) is 71.8 Å². The lowest BCUT2D eigenvalue weighted by Gasteiger charge is -2.27. The molecule has 1 aromatic carbocycles. The molecule has 2 aromatic rings. The molecule has 0 spiro atoms. The van der Waals surface area contributed by atoms with E-state index in [0.717, 1.165) is 30.4 Å². The van der Waals surface area contributed by atoms with Gasteiger partial charge in [0.25, 0.3) is 5.95 Å². The Hall–Kier alpha value is -2.82. The topological polar surface area (TPSA) is 76.7 Å². The number of phenolic OH excluding ortho intramolecular Hbond substituents is 1. The van der Waals surface area contributed by atoms with Gasteiger partial charge in [0.1, 0.15) is 16.9 Å². The van der Waals surface area contributed by atoms with Gasteiger partial charge in [-0.05, 0) is 65.2 Å². The Bertz CT molecular complexity index is 1080. The summed E-state index contributed by atoms with van der Waals surface area (Å²) in [6.45, 7) is 9.82. The Kier molecular flexibility index (Phi) is 6.20. The summed E-state index contributed by atoms with van der Waals surface area (Å²) in [6, 6.07) is 4.51. The van der Waals surface area contributed by atoms with Crippen molar-refractivity contribution in [3.63, 3.8) is 0 Å². The number of hydrogen-bond acceptors (Lipinski definition) is 5. The summed E-state index contributed by atoms with van der Waals surface area (Å²) in [5.74, 6) is 0.324. The van der Waals surface area contributed by atoms with Crippen LogP contribution in [0.1, 0.15) is 71.8 Å². The lowest BCUT2D eigenvalue weighted by Crippen LogP contribution is -2.33. The van der Waals surface area contributed by atoms with Crippen LogP contribution in [-0.4, -0.2) is 16.5 Å². The number of aromatic hydroxyl groups is 1. The molecule has 2 atom stereocenters. The smallest absolute Gasteiger partial charge is 0.293 e. The van der Waals surface area contributed by atoms with Gasteiger partial charge in [-0.2, -0.15) is 0 Å². The van der Waals surface area contributed by atoms with Crippen LogP contribution in [0.25, 0.3) is 11.0 Å². The molecule has 0 unspecified atom stereocenters. The molecule has 5 heteroatoms. The molecule has 5 nitrogen and oxygen atoms in total. The molecule has 1 N–H and O–H groups in total. The van der Waals surface area contributed by atoms with Crippen LogP contribution in [0.3, 0.4) is 0 Å². The van der Waals surface area contributed by atoms with Gasteiger partial charge in [-0.15, -0.1) is 0 Å². The second-order valence-corrected chi connectivity index (χ2v) is 8.76. The standard InChI is InChI=1S/C25H30O5/c1-15(2)12-19(27)13-16(3)8-6-7-11-25(5)17(4)22-23(28)20-10-9-18(26)14-21(20)29-24(22)30-25/h8-10,12,14,17,26H,6-7,11,13H2,1-5H3/b16-8-/t17-,25-/m1/s1. The predicted molar refractivity (Wildman–Crippen MR) is 118 cm³/mol. The molecule has 0 bridgehead atoms. The Morgan fingerprint density at radius 3 is 2.70 bits per heavy atom. The quantitative estimate of drug-likeness (QED) is 0.355. The minimum atomic E-state index is -0.538. The first-order valence-electron chi connectivity index (χ1n) is 10.4. The highest BCUT2D eigenvalue weighted by Crippen LogP contribution is 2.46. The van der Waals surface area contributed by atoms with Gasteiger partial charge in [-0.25, -0.2) is 0 Å². The van der Waals surface area contributed by atoms with Gasteiger partial charge in [0.2, 0.25) is 0 Å². The van der Waals surface area contributed by atoms with Gasteiger partial charge in [0, 0.05) is 18.4 Å². The fourth-order valence-electron chi connectivity index (χ4n) is 4.02. The minimum Gasteiger partial charge on any atom is -0.508 e. The normalized spacial score (nSPS) is 20.7. The summed E-state index contributed by atoms with van der Waals surface area (Å²) in [5, 5.41) is 10.1. The number of carbonyl (C=O) groups excluding carboxylic acids is 1. The molecule has 2 heterocycles. The van der Waals surface area contributed by atoms with Gasteiger partial charge < -0.3 is 14.3 Å². The van der Waals surface area contributed by atoms with Crippen LogP contribution in [-0.2, 0) is 4.79 Å². The number of allylic oxidation sites excluding steroid dienone is 4. The van der Waals surface area contributed by atoms with Crippen molar-refractivity contribution in [2.75, 3.05) is 0 Å². The Morgan fingerprint density at radius 1 is 1.27 bits per heavy atom. The van der Waals surface area contributed by atoms with E-state index in [1.165, 1.54) is 12.1 Å². The molecular weight excluding hydrogens is 380 g/mol. The van der Waals surface area contributed by atoms with Crippen molar-refractivity contribution in [3.8, 4) is 11.7 Å². The summed E-state index contributed by atoms with van der Waals surface area (Å²) in [7, 11) is 0. The van der Waals surface area contributed by atoms with E-state index in [2.05, 4.69) is 6.08 Å². The number of carbonyl (C=O) groups is 1. The summed E-state index contributed by atoms with van der Waals surface area (Å²) in [6.07, 6.45) is 6.69. The molecule has 0 fully saturated rings. The van der Waals surface area contributed by atoms with Crippen molar-refractivity contribution < 1.29 is 19.1 Å². The van der Waals surface area contributed by atoms with Crippen molar-refractivity contribution in [1.29, 1.82) is 0 Å². The Morgan fingerprint density at radius 2 is 2.00 bits per heavy atom. The van der Waals surface area contributed by atoms with E-state index >= 15 is 0 Å². The van der Waals surface area contributed by atoms with Crippen LogP contribution in [0.15, 0.2) is 50.7 Å². The molecule has 30 heavy (non-hydrogen) atoms. The van der Waals surface area contributed by atoms with Crippen LogP contribution in [0.2, 0.25) is 0 Å². The SMILES string of the molecule is CC(C)=CC(=O)C/C(C)=C\CCC[C@@]1(C)Oc2oc3cc(O)ccc3c(=O)c2[C@H]1C. The van der Waals surface area contributed by atoms with Crippen LogP contribution >= 0.6 is 0 Å². The fraction of sp³-hybridized carbons (Fsp3) is 0.440. The van der Waals surface area contributed by atoms with E-state index in [9.17, 15) is 14.7 Å². The van der Waals surface area contributed by atoms with Gasteiger partial charge in [-0.1, -0.05) is 24.1 Å². The monoisotopic (exact) mass is 410 g/mol. The van der Waals surface area contributed by atoms with E-state index in [1.807, 2.05) is 34.6 Å². The Labute approximate surface area is 177 Å².